The minimum Gasteiger partial charge on any atom is -0.380 e. The van der Waals surface area contributed by atoms with Crippen LogP contribution in [0.5, 0.6) is 0 Å². The van der Waals surface area contributed by atoms with Crippen molar-refractivity contribution in [1.29, 1.82) is 0 Å². The van der Waals surface area contributed by atoms with Crippen LogP contribution in [-0.4, -0.2) is 29.7 Å². The molecule has 10 heteroatoms. The Morgan fingerprint density at radius 2 is 2.04 bits per heavy atom. The van der Waals surface area contributed by atoms with Gasteiger partial charge >= 0.3 is 11.9 Å². The van der Waals surface area contributed by atoms with Gasteiger partial charge in [-0.15, -0.1) is 0 Å². The molecule has 0 aliphatic heterocycles. The first-order valence-electron chi connectivity index (χ1n) is 7.42. The van der Waals surface area contributed by atoms with E-state index in [1.54, 1.807) is 6.92 Å². The van der Waals surface area contributed by atoms with Gasteiger partial charge in [0.25, 0.3) is 0 Å². The van der Waals surface area contributed by atoms with Crippen LogP contribution in [0.15, 0.2) is 30.5 Å². The summed E-state index contributed by atoms with van der Waals surface area (Å²) in [6.45, 7) is 2.02. The first-order chi connectivity index (χ1) is 12.1. The summed E-state index contributed by atoms with van der Waals surface area (Å²) in [5.74, 6) is -0.0210. The highest BCUT2D eigenvalue weighted by Gasteiger charge is 2.32. The van der Waals surface area contributed by atoms with Crippen molar-refractivity contribution in [3.8, 4) is 11.1 Å². The van der Waals surface area contributed by atoms with Crippen LogP contribution in [0.25, 0.3) is 11.1 Å². The second-order valence-electron chi connectivity index (χ2n) is 5.43. The number of benzene rings is 1. The van der Waals surface area contributed by atoms with E-state index >= 15 is 0 Å². The quantitative estimate of drug-likeness (QED) is 0.568. The molecule has 0 radical (unpaired) electrons. The Labute approximate surface area is 152 Å². The molecule has 1 heterocycles. The van der Waals surface area contributed by atoms with Crippen molar-refractivity contribution in [2.45, 2.75) is 19.2 Å². The number of pyridine rings is 1. The Balaban J connectivity index is 2.51. The molecule has 0 aliphatic carbocycles. The van der Waals surface area contributed by atoms with Gasteiger partial charge in [-0.1, -0.05) is 17.7 Å². The van der Waals surface area contributed by atoms with Crippen LogP contribution < -0.4 is 5.32 Å². The highest BCUT2D eigenvalue weighted by molar-refractivity contribution is 6.33. The smallest absolute Gasteiger partial charge is 0.380 e. The number of nitrogens with zero attached hydrogens (tertiary/aromatic N) is 2. The topological polar surface area (TPSA) is 77.3 Å². The van der Waals surface area contributed by atoms with Gasteiger partial charge in [0, 0.05) is 30.4 Å². The Morgan fingerprint density at radius 1 is 1.35 bits per heavy atom. The van der Waals surface area contributed by atoms with Gasteiger partial charge in [-0.05, 0) is 25.1 Å². The zero-order valence-electron chi connectivity index (χ0n) is 13.8. The van der Waals surface area contributed by atoms with Crippen molar-refractivity contribution >= 4 is 23.1 Å². The van der Waals surface area contributed by atoms with E-state index in [0.717, 1.165) is 18.2 Å². The predicted octanol–water partition coefficient (Wildman–Crippen LogP) is 4.78. The summed E-state index contributed by atoms with van der Waals surface area (Å²) < 4.78 is 43.4. The number of methoxy groups -OCH3 is 1. The van der Waals surface area contributed by atoms with Crippen LogP contribution in [0.4, 0.5) is 24.7 Å². The second kappa shape index (κ2) is 7.88. The molecule has 140 valence electrons. The number of hydrogen-bond donors (Lipinski definition) is 1. The lowest BCUT2D eigenvalue weighted by molar-refractivity contribution is -0.383. The number of anilines is 1. The van der Waals surface area contributed by atoms with Crippen LogP contribution in [-0.2, 0) is 10.9 Å². The van der Waals surface area contributed by atoms with Gasteiger partial charge in [-0.25, -0.2) is 4.98 Å². The summed E-state index contributed by atoms with van der Waals surface area (Å²) in [6, 6.07) is 4.00. The molecule has 2 aromatic rings. The molecule has 1 unspecified atom stereocenters. The molecular formula is C16H15ClF3N3O3. The fourth-order valence-corrected chi connectivity index (χ4v) is 2.50. The summed E-state index contributed by atoms with van der Waals surface area (Å²) in [5, 5.41) is 14.1. The lowest BCUT2D eigenvalue weighted by atomic mass is 10.0. The summed E-state index contributed by atoms with van der Waals surface area (Å²) in [6.07, 6.45) is -3.47. The van der Waals surface area contributed by atoms with Gasteiger partial charge in [0.2, 0.25) is 5.82 Å². The van der Waals surface area contributed by atoms with Crippen LogP contribution >= 0.6 is 11.6 Å². The van der Waals surface area contributed by atoms with Crippen molar-refractivity contribution in [2.75, 3.05) is 19.0 Å². The van der Waals surface area contributed by atoms with E-state index in [2.05, 4.69) is 10.3 Å². The third kappa shape index (κ3) is 4.41. The molecule has 1 aromatic heterocycles. The van der Waals surface area contributed by atoms with Crippen molar-refractivity contribution in [2.24, 2.45) is 0 Å². The molecule has 0 saturated heterocycles. The molecule has 0 fully saturated rings. The maximum absolute atomic E-state index is 12.8. The van der Waals surface area contributed by atoms with Gasteiger partial charge in [0.05, 0.1) is 22.2 Å². The molecular weight excluding hydrogens is 375 g/mol. The first kappa shape index (κ1) is 19.9. The number of alkyl halides is 3. The largest absolute Gasteiger partial charge is 0.416 e. The zero-order valence-corrected chi connectivity index (χ0v) is 14.6. The first-order valence-corrected chi connectivity index (χ1v) is 7.80. The predicted molar refractivity (Wildman–Crippen MR) is 91.3 cm³/mol. The van der Waals surface area contributed by atoms with Crippen LogP contribution in [0.3, 0.4) is 0 Å². The van der Waals surface area contributed by atoms with Gasteiger partial charge in [-0.3, -0.25) is 10.1 Å². The molecule has 0 amide bonds. The van der Waals surface area contributed by atoms with Crippen LogP contribution in [0, 0.1) is 10.1 Å². The van der Waals surface area contributed by atoms with E-state index in [9.17, 15) is 23.3 Å². The Bertz CT molecular complexity index is 815. The highest BCUT2D eigenvalue weighted by atomic mass is 35.5. The standard InChI is InChI=1S/C16H15ClF3N3O3/c1-9(26-2)8-22-15-14(23(24)25)12(5-6-21-15)11-4-3-10(7-13(11)17)16(18,19)20/h3-7,9H,8H2,1-2H3,(H,21,22). The number of nitrogens with one attached hydrogen (secondary N) is 1. The van der Waals surface area contributed by atoms with Gasteiger partial charge in [0.15, 0.2) is 0 Å². The Kier molecular flexibility index (Phi) is 6.04. The number of nitro groups is 1. The number of rotatable bonds is 6. The van der Waals surface area contributed by atoms with E-state index in [0.29, 0.717) is 0 Å². The SMILES string of the molecule is COC(C)CNc1nccc(-c2ccc(C(F)(F)F)cc2Cl)c1[N+](=O)[O-]. The maximum Gasteiger partial charge on any atom is 0.416 e. The van der Waals surface area contributed by atoms with E-state index in [1.165, 1.54) is 19.4 Å². The fourth-order valence-electron chi connectivity index (χ4n) is 2.22. The number of aromatic nitrogens is 1. The Morgan fingerprint density at radius 3 is 2.58 bits per heavy atom. The lowest BCUT2D eigenvalue weighted by Crippen LogP contribution is -2.19. The number of ether oxygens (including phenoxy) is 1. The molecule has 0 bridgehead atoms. The molecule has 6 nitrogen and oxygen atoms in total. The summed E-state index contributed by atoms with van der Waals surface area (Å²) >= 11 is 5.97. The van der Waals surface area contributed by atoms with Crippen molar-refractivity contribution < 1.29 is 22.8 Å². The molecule has 2 rings (SSSR count). The van der Waals surface area contributed by atoms with E-state index < -0.39 is 16.7 Å². The van der Waals surface area contributed by atoms with Gasteiger partial charge < -0.3 is 10.1 Å². The molecule has 1 atom stereocenters. The third-order valence-corrected chi connectivity index (χ3v) is 3.97. The zero-order chi connectivity index (χ0) is 19.5. The van der Waals surface area contributed by atoms with Gasteiger partial charge in [-0.2, -0.15) is 13.2 Å². The molecule has 1 aromatic carbocycles. The van der Waals surface area contributed by atoms with Crippen LogP contribution in [0.1, 0.15) is 12.5 Å². The summed E-state index contributed by atoms with van der Waals surface area (Å²) in [4.78, 5) is 14.8. The molecule has 0 saturated carbocycles. The monoisotopic (exact) mass is 389 g/mol. The van der Waals surface area contributed by atoms with Crippen LogP contribution in [0.2, 0.25) is 5.02 Å². The number of hydrogen-bond acceptors (Lipinski definition) is 5. The lowest BCUT2D eigenvalue weighted by Gasteiger charge is -2.14. The normalized spacial score (nSPS) is 12.7. The van der Waals surface area contributed by atoms with Crippen molar-refractivity contribution in [3.63, 3.8) is 0 Å². The van der Waals surface area contributed by atoms with Gasteiger partial charge in [0.1, 0.15) is 0 Å². The molecule has 1 N–H and O–H groups in total. The summed E-state index contributed by atoms with van der Waals surface area (Å²) in [7, 11) is 1.49. The molecule has 0 spiro atoms. The molecule has 26 heavy (non-hydrogen) atoms. The average Bonchev–Trinajstić information content (AvgIpc) is 2.58. The summed E-state index contributed by atoms with van der Waals surface area (Å²) in [5.41, 5.74) is -1.14. The third-order valence-electron chi connectivity index (χ3n) is 3.65. The molecule has 0 aliphatic rings. The minimum atomic E-state index is -4.56. The van der Waals surface area contributed by atoms with Crippen molar-refractivity contribution in [1.82, 2.24) is 4.98 Å². The highest BCUT2D eigenvalue weighted by Crippen LogP contribution is 2.40. The van der Waals surface area contributed by atoms with E-state index in [4.69, 9.17) is 16.3 Å². The number of halogens is 4. The van der Waals surface area contributed by atoms with E-state index in [1.807, 2.05) is 0 Å². The van der Waals surface area contributed by atoms with Crippen molar-refractivity contribution in [3.05, 3.63) is 51.2 Å². The fraction of sp³-hybridized carbons (Fsp3) is 0.312. The average molecular weight is 390 g/mol. The Hall–Kier alpha value is -2.39. The minimum absolute atomic E-state index is 0.0210. The van der Waals surface area contributed by atoms with E-state index in [-0.39, 0.29) is 40.3 Å². The second-order valence-corrected chi connectivity index (χ2v) is 5.84. The maximum atomic E-state index is 12.8.